The number of nitro groups is 1. The van der Waals surface area contributed by atoms with Gasteiger partial charge in [0.05, 0.1) is 5.52 Å². The molecule has 1 aromatic heterocycles. The standard InChI is InChI=1S/C9H9N5O2/c1-5-2-3-6-7(4-5)11-9(12-8(6)10)13-14(15)16/h2-4H,1H3,(H3,10,11,12,13). The number of hydrogen-bond donors (Lipinski definition) is 2. The number of nitrogens with two attached hydrogens (primary N) is 1. The second kappa shape index (κ2) is 3.61. The van der Waals surface area contributed by atoms with Gasteiger partial charge in [0, 0.05) is 5.39 Å². The maximum absolute atomic E-state index is 10.3. The Morgan fingerprint density at radius 2 is 2.19 bits per heavy atom. The molecule has 16 heavy (non-hydrogen) atoms. The second-order valence-electron chi connectivity index (χ2n) is 3.32. The van der Waals surface area contributed by atoms with E-state index in [1.54, 1.807) is 12.1 Å². The summed E-state index contributed by atoms with van der Waals surface area (Å²) in [7, 11) is 0. The number of benzene rings is 1. The van der Waals surface area contributed by atoms with E-state index in [-0.39, 0.29) is 11.8 Å². The van der Waals surface area contributed by atoms with E-state index in [9.17, 15) is 10.1 Å². The van der Waals surface area contributed by atoms with Crippen molar-refractivity contribution in [3.63, 3.8) is 0 Å². The van der Waals surface area contributed by atoms with Crippen LogP contribution < -0.4 is 11.2 Å². The van der Waals surface area contributed by atoms with Gasteiger partial charge in [-0.15, -0.1) is 0 Å². The first-order valence-electron chi connectivity index (χ1n) is 4.51. The van der Waals surface area contributed by atoms with Crippen molar-refractivity contribution in [1.29, 1.82) is 0 Å². The average Bonchev–Trinajstić information content (AvgIpc) is 2.15. The summed E-state index contributed by atoms with van der Waals surface area (Å²) in [6, 6.07) is 5.46. The van der Waals surface area contributed by atoms with Gasteiger partial charge < -0.3 is 5.73 Å². The zero-order valence-electron chi connectivity index (χ0n) is 8.47. The van der Waals surface area contributed by atoms with E-state index in [0.717, 1.165) is 5.56 Å². The topological polar surface area (TPSA) is 107 Å². The van der Waals surface area contributed by atoms with E-state index in [4.69, 9.17) is 5.73 Å². The summed E-state index contributed by atoms with van der Waals surface area (Å²) in [4.78, 5) is 18.0. The number of hydrazine groups is 1. The normalized spacial score (nSPS) is 10.3. The summed E-state index contributed by atoms with van der Waals surface area (Å²) in [6.07, 6.45) is 0. The number of anilines is 2. The number of aromatic nitrogens is 2. The molecule has 0 aliphatic heterocycles. The molecule has 1 aromatic carbocycles. The van der Waals surface area contributed by atoms with Crippen LogP contribution in [0.15, 0.2) is 18.2 Å². The SMILES string of the molecule is Cc1ccc2c(N)nc(N[N+](=O)[O-])nc2c1. The summed E-state index contributed by atoms with van der Waals surface area (Å²) < 4.78 is 0. The molecule has 0 saturated carbocycles. The van der Waals surface area contributed by atoms with Crippen LogP contribution in [0.5, 0.6) is 0 Å². The van der Waals surface area contributed by atoms with E-state index in [1.165, 1.54) is 0 Å². The van der Waals surface area contributed by atoms with E-state index in [2.05, 4.69) is 9.97 Å². The Morgan fingerprint density at radius 3 is 2.88 bits per heavy atom. The van der Waals surface area contributed by atoms with Crippen molar-refractivity contribution in [2.24, 2.45) is 0 Å². The fraction of sp³-hybridized carbons (Fsp3) is 0.111. The minimum atomic E-state index is -0.726. The van der Waals surface area contributed by atoms with Gasteiger partial charge in [-0.05, 0) is 24.6 Å². The molecule has 82 valence electrons. The van der Waals surface area contributed by atoms with Crippen LogP contribution in [0.4, 0.5) is 11.8 Å². The van der Waals surface area contributed by atoms with E-state index >= 15 is 0 Å². The number of fused-ring (bicyclic) bond motifs is 1. The lowest BCUT2D eigenvalue weighted by Gasteiger charge is -2.03. The molecule has 0 saturated heterocycles. The second-order valence-corrected chi connectivity index (χ2v) is 3.32. The van der Waals surface area contributed by atoms with Gasteiger partial charge in [-0.1, -0.05) is 11.5 Å². The molecule has 2 rings (SSSR count). The number of aryl methyl sites for hydroxylation is 1. The van der Waals surface area contributed by atoms with Crippen molar-refractivity contribution >= 4 is 22.7 Å². The van der Waals surface area contributed by atoms with E-state index in [1.807, 2.05) is 18.4 Å². The Kier molecular flexibility index (Phi) is 2.28. The van der Waals surface area contributed by atoms with Crippen molar-refractivity contribution in [3.8, 4) is 0 Å². The maximum Gasteiger partial charge on any atom is 0.287 e. The summed E-state index contributed by atoms with van der Waals surface area (Å²) in [5, 5.41) is 10.2. The molecule has 0 fully saturated rings. The first-order chi connectivity index (χ1) is 7.56. The van der Waals surface area contributed by atoms with Gasteiger partial charge in [-0.2, -0.15) is 4.98 Å². The van der Waals surface area contributed by atoms with Crippen molar-refractivity contribution in [2.45, 2.75) is 6.92 Å². The molecule has 2 aromatic rings. The monoisotopic (exact) mass is 219 g/mol. The Bertz CT molecular complexity index is 569. The minimum absolute atomic E-state index is 0.111. The Hall–Kier alpha value is -2.44. The molecule has 0 radical (unpaired) electrons. The summed E-state index contributed by atoms with van der Waals surface area (Å²) >= 11 is 0. The smallest absolute Gasteiger partial charge is 0.287 e. The van der Waals surface area contributed by atoms with Crippen LogP contribution in [0, 0.1) is 17.0 Å². The third-order valence-corrected chi connectivity index (χ3v) is 2.07. The molecule has 0 spiro atoms. The predicted octanol–water partition coefficient (Wildman–Crippen LogP) is 1.12. The average molecular weight is 219 g/mol. The van der Waals surface area contributed by atoms with Gasteiger partial charge in [-0.3, -0.25) is 0 Å². The third kappa shape index (κ3) is 1.83. The van der Waals surface area contributed by atoms with Gasteiger partial charge in [0.2, 0.25) is 0 Å². The summed E-state index contributed by atoms with van der Waals surface area (Å²) in [5.74, 6) is 0.106. The highest BCUT2D eigenvalue weighted by Crippen LogP contribution is 2.20. The van der Waals surface area contributed by atoms with Gasteiger partial charge in [0.25, 0.3) is 5.95 Å². The molecule has 0 aliphatic rings. The lowest BCUT2D eigenvalue weighted by atomic mass is 10.1. The molecule has 0 unspecified atom stereocenters. The summed E-state index contributed by atoms with van der Waals surface area (Å²) in [5.41, 5.74) is 9.12. The lowest BCUT2D eigenvalue weighted by Crippen LogP contribution is -2.12. The van der Waals surface area contributed by atoms with Crippen molar-refractivity contribution < 1.29 is 5.03 Å². The maximum atomic E-state index is 10.3. The molecular formula is C9H9N5O2. The van der Waals surface area contributed by atoms with Crippen LogP contribution in [0.1, 0.15) is 5.56 Å². The Morgan fingerprint density at radius 1 is 1.44 bits per heavy atom. The number of nitrogens with zero attached hydrogens (tertiary/aromatic N) is 3. The van der Waals surface area contributed by atoms with Gasteiger partial charge in [0.1, 0.15) is 5.82 Å². The van der Waals surface area contributed by atoms with Crippen LogP contribution in [0.3, 0.4) is 0 Å². The Balaban J connectivity index is 2.60. The fourth-order valence-corrected chi connectivity index (χ4v) is 1.40. The quantitative estimate of drug-likeness (QED) is 0.579. The fourth-order valence-electron chi connectivity index (χ4n) is 1.40. The van der Waals surface area contributed by atoms with Crippen LogP contribution in [0.2, 0.25) is 0 Å². The number of nitrogen functional groups attached to an aromatic ring is 1. The molecule has 3 N–H and O–H groups in total. The first kappa shape index (κ1) is 10.1. The van der Waals surface area contributed by atoms with E-state index in [0.29, 0.717) is 10.9 Å². The number of rotatable bonds is 2. The zero-order valence-corrected chi connectivity index (χ0v) is 8.47. The molecule has 1 heterocycles. The lowest BCUT2D eigenvalue weighted by molar-refractivity contribution is -0.446. The van der Waals surface area contributed by atoms with Gasteiger partial charge >= 0.3 is 0 Å². The van der Waals surface area contributed by atoms with Gasteiger partial charge in [0.15, 0.2) is 5.03 Å². The van der Waals surface area contributed by atoms with Crippen molar-refractivity contribution in [3.05, 3.63) is 33.9 Å². The predicted molar refractivity (Wildman–Crippen MR) is 59.3 cm³/mol. The highest BCUT2D eigenvalue weighted by Gasteiger charge is 2.08. The highest BCUT2D eigenvalue weighted by atomic mass is 16.7. The zero-order chi connectivity index (χ0) is 11.7. The molecule has 0 amide bonds. The molecule has 0 atom stereocenters. The molecular weight excluding hydrogens is 210 g/mol. The van der Waals surface area contributed by atoms with Crippen molar-refractivity contribution in [2.75, 3.05) is 11.2 Å². The first-order valence-corrected chi connectivity index (χ1v) is 4.51. The van der Waals surface area contributed by atoms with E-state index < -0.39 is 5.03 Å². The summed E-state index contributed by atoms with van der Waals surface area (Å²) in [6.45, 7) is 1.90. The minimum Gasteiger partial charge on any atom is -0.383 e. The van der Waals surface area contributed by atoms with Crippen LogP contribution in [0.25, 0.3) is 10.9 Å². The number of hydrogen-bond acceptors (Lipinski definition) is 5. The molecule has 0 bridgehead atoms. The third-order valence-electron chi connectivity index (χ3n) is 2.07. The van der Waals surface area contributed by atoms with Gasteiger partial charge in [-0.25, -0.2) is 15.1 Å². The van der Waals surface area contributed by atoms with Crippen LogP contribution in [-0.2, 0) is 0 Å². The Labute approximate surface area is 90.4 Å². The molecule has 7 nitrogen and oxygen atoms in total. The van der Waals surface area contributed by atoms with Crippen LogP contribution in [-0.4, -0.2) is 15.0 Å². The molecule has 0 aliphatic carbocycles. The largest absolute Gasteiger partial charge is 0.383 e. The van der Waals surface area contributed by atoms with Crippen molar-refractivity contribution in [1.82, 2.24) is 9.97 Å². The molecule has 7 heteroatoms. The van der Waals surface area contributed by atoms with Crippen LogP contribution >= 0.6 is 0 Å². The number of nitrogens with one attached hydrogen (secondary N) is 1. The highest BCUT2D eigenvalue weighted by molar-refractivity contribution is 5.89.